The number of hydrogen-bond acceptors (Lipinski definition) is 6. The van der Waals surface area contributed by atoms with Gasteiger partial charge in [0.15, 0.2) is 0 Å². The van der Waals surface area contributed by atoms with Crippen LogP contribution in [-0.4, -0.2) is 35.8 Å². The summed E-state index contributed by atoms with van der Waals surface area (Å²) in [6.45, 7) is 1.80. The van der Waals surface area contributed by atoms with Crippen LogP contribution in [0.25, 0.3) is 5.95 Å². The Balaban J connectivity index is 2.34. The molecule has 0 saturated carbocycles. The van der Waals surface area contributed by atoms with Crippen molar-refractivity contribution in [2.24, 2.45) is 0 Å². The molecule has 0 fully saturated rings. The molecule has 2 rings (SSSR count). The van der Waals surface area contributed by atoms with Crippen molar-refractivity contribution in [3.05, 3.63) is 17.9 Å². The van der Waals surface area contributed by atoms with E-state index in [2.05, 4.69) is 36.3 Å². The molecule has 0 bridgehead atoms. The van der Waals surface area contributed by atoms with Crippen molar-refractivity contribution >= 4 is 17.5 Å². The smallest absolute Gasteiger partial charge is 0.258 e. The molecular weight excluding hydrogens is 242 g/mol. The van der Waals surface area contributed by atoms with Crippen LogP contribution < -0.4 is 5.32 Å². The number of aromatic nitrogens is 6. The standard InChI is InChI=1S/C9H8ClN7/c1-3-6(2)13-8-14-7(10)15-9(16-8)17-5-11-4-12-17/h1,4-6H,2H3,(H,13,14,15,16). The molecule has 1 atom stereocenters. The van der Waals surface area contributed by atoms with Gasteiger partial charge in [0, 0.05) is 0 Å². The van der Waals surface area contributed by atoms with Gasteiger partial charge in [-0.25, -0.2) is 4.98 Å². The molecule has 17 heavy (non-hydrogen) atoms. The number of halogens is 1. The maximum atomic E-state index is 5.78. The van der Waals surface area contributed by atoms with Crippen LogP contribution in [0.2, 0.25) is 5.28 Å². The second kappa shape index (κ2) is 4.76. The van der Waals surface area contributed by atoms with Gasteiger partial charge in [0.1, 0.15) is 12.7 Å². The molecule has 2 heterocycles. The molecule has 0 amide bonds. The van der Waals surface area contributed by atoms with E-state index in [4.69, 9.17) is 18.0 Å². The topological polar surface area (TPSA) is 81.4 Å². The molecule has 0 aliphatic heterocycles. The van der Waals surface area contributed by atoms with Crippen molar-refractivity contribution < 1.29 is 0 Å². The van der Waals surface area contributed by atoms with E-state index >= 15 is 0 Å². The second-order valence-electron chi connectivity index (χ2n) is 3.10. The second-order valence-corrected chi connectivity index (χ2v) is 3.44. The third kappa shape index (κ3) is 2.68. The molecule has 1 N–H and O–H groups in total. The summed E-state index contributed by atoms with van der Waals surface area (Å²) in [5.41, 5.74) is 0. The fourth-order valence-corrected chi connectivity index (χ4v) is 1.21. The van der Waals surface area contributed by atoms with Gasteiger partial charge in [-0.1, -0.05) is 5.92 Å². The normalized spacial score (nSPS) is 11.8. The SMILES string of the molecule is C#CC(C)Nc1nc(Cl)nc(-n2cncn2)n1. The highest BCUT2D eigenvalue weighted by atomic mass is 35.5. The molecule has 2 aromatic rings. The molecule has 2 aromatic heterocycles. The number of nitrogens with zero attached hydrogens (tertiary/aromatic N) is 6. The minimum Gasteiger partial charge on any atom is -0.341 e. The van der Waals surface area contributed by atoms with Gasteiger partial charge in [0.25, 0.3) is 5.95 Å². The van der Waals surface area contributed by atoms with E-state index in [1.165, 1.54) is 17.3 Å². The van der Waals surface area contributed by atoms with Crippen LogP contribution in [0.3, 0.4) is 0 Å². The summed E-state index contributed by atoms with van der Waals surface area (Å²) >= 11 is 5.78. The molecule has 0 aromatic carbocycles. The first-order chi connectivity index (χ1) is 8.19. The highest BCUT2D eigenvalue weighted by molar-refractivity contribution is 6.28. The third-order valence-corrected chi connectivity index (χ3v) is 1.98. The Morgan fingerprint density at radius 3 is 2.94 bits per heavy atom. The van der Waals surface area contributed by atoms with Gasteiger partial charge in [-0.15, -0.1) is 6.42 Å². The van der Waals surface area contributed by atoms with Crippen LogP contribution in [0.4, 0.5) is 5.95 Å². The van der Waals surface area contributed by atoms with Crippen molar-refractivity contribution in [3.8, 4) is 18.3 Å². The van der Waals surface area contributed by atoms with E-state index in [0.717, 1.165) is 0 Å². The van der Waals surface area contributed by atoms with Gasteiger partial charge >= 0.3 is 0 Å². The highest BCUT2D eigenvalue weighted by Crippen LogP contribution is 2.09. The lowest BCUT2D eigenvalue weighted by Crippen LogP contribution is -2.16. The Morgan fingerprint density at radius 1 is 1.47 bits per heavy atom. The van der Waals surface area contributed by atoms with Crippen LogP contribution >= 0.6 is 11.6 Å². The number of terminal acetylenes is 1. The fourth-order valence-electron chi connectivity index (χ4n) is 1.05. The first kappa shape index (κ1) is 11.3. The first-order valence-electron chi connectivity index (χ1n) is 4.68. The van der Waals surface area contributed by atoms with Gasteiger partial charge in [-0.3, -0.25) is 0 Å². The van der Waals surface area contributed by atoms with Gasteiger partial charge in [0.05, 0.1) is 6.04 Å². The predicted octanol–water partition coefficient (Wildman–Crippen LogP) is 0.539. The zero-order chi connectivity index (χ0) is 12.3. The molecule has 86 valence electrons. The zero-order valence-corrected chi connectivity index (χ0v) is 9.63. The van der Waals surface area contributed by atoms with Gasteiger partial charge in [-0.2, -0.15) is 24.7 Å². The first-order valence-corrected chi connectivity index (χ1v) is 5.06. The number of rotatable bonds is 3. The molecule has 0 aliphatic rings. The molecule has 7 nitrogen and oxygen atoms in total. The van der Waals surface area contributed by atoms with Crippen LogP contribution in [0, 0.1) is 12.3 Å². The maximum absolute atomic E-state index is 5.78. The van der Waals surface area contributed by atoms with Crippen LogP contribution in [0.5, 0.6) is 0 Å². The van der Waals surface area contributed by atoms with Crippen molar-refractivity contribution in [2.45, 2.75) is 13.0 Å². The number of nitrogens with one attached hydrogen (secondary N) is 1. The summed E-state index contributed by atoms with van der Waals surface area (Å²) in [5, 5.41) is 6.84. The lowest BCUT2D eigenvalue weighted by Gasteiger charge is -2.08. The minimum absolute atomic E-state index is 0.0530. The summed E-state index contributed by atoms with van der Waals surface area (Å²) < 4.78 is 1.37. The third-order valence-electron chi connectivity index (χ3n) is 1.82. The van der Waals surface area contributed by atoms with E-state index in [9.17, 15) is 0 Å². The molecule has 0 radical (unpaired) electrons. The van der Waals surface area contributed by atoms with E-state index < -0.39 is 0 Å². The van der Waals surface area contributed by atoms with E-state index in [-0.39, 0.29) is 17.3 Å². The molecule has 1 unspecified atom stereocenters. The fraction of sp³-hybridized carbons (Fsp3) is 0.222. The average molecular weight is 250 g/mol. The molecule has 0 aliphatic carbocycles. The lowest BCUT2D eigenvalue weighted by molar-refractivity contribution is 0.791. The van der Waals surface area contributed by atoms with Crippen molar-refractivity contribution in [3.63, 3.8) is 0 Å². The summed E-state index contributed by atoms with van der Waals surface area (Å²) in [7, 11) is 0. The summed E-state index contributed by atoms with van der Waals surface area (Å²) in [4.78, 5) is 15.7. The maximum Gasteiger partial charge on any atom is 0.258 e. The van der Waals surface area contributed by atoms with Crippen molar-refractivity contribution in [1.29, 1.82) is 0 Å². The quantitative estimate of drug-likeness (QED) is 0.800. The van der Waals surface area contributed by atoms with Crippen LogP contribution in [0.15, 0.2) is 12.7 Å². The number of anilines is 1. The molecule has 0 spiro atoms. The summed E-state index contributed by atoms with van der Waals surface area (Å²) in [5.74, 6) is 3.06. The molecule has 0 saturated heterocycles. The van der Waals surface area contributed by atoms with Gasteiger partial charge in [0.2, 0.25) is 11.2 Å². The average Bonchev–Trinajstić information content (AvgIpc) is 2.81. The van der Waals surface area contributed by atoms with Crippen molar-refractivity contribution in [2.75, 3.05) is 5.32 Å². The lowest BCUT2D eigenvalue weighted by atomic mass is 10.4. The summed E-state index contributed by atoms with van der Waals surface area (Å²) in [6, 6.07) is -0.211. The predicted molar refractivity (Wildman–Crippen MR) is 61.7 cm³/mol. The van der Waals surface area contributed by atoms with E-state index in [0.29, 0.717) is 5.95 Å². The Morgan fingerprint density at radius 2 is 2.29 bits per heavy atom. The van der Waals surface area contributed by atoms with Gasteiger partial charge in [-0.05, 0) is 18.5 Å². The van der Waals surface area contributed by atoms with Gasteiger partial charge < -0.3 is 5.32 Å². The molecule has 8 heteroatoms. The highest BCUT2D eigenvalue weighted by Gasteiger charge is 2.08. The monoisotopic (exact) mass is 249 g/mol. The Bertz CT molecular complexity index is 545. The molecular formula is C9H8ClN7. The summed E-state index contributed by atoms with van der Waals surface area (Å²) in [6.07, 6.45) is 8.07. The van der Waals surface area contributed by atoms with E-state index in [1.54, 1.807) is 6.92 Å². The van der Waals surface area contributed by atoms with Crippen molar-refractivity contribution in [1.82, 2.24) is 29.7 Å². The Kier molecular flexibility index (Phi) is 3.16. The van der Waals surface area contributed by atoms with Crippen LogP contribution in [-0.2, 0) is 0 Å². The largest absolute Gasteiger partial charge is 0.341 e. The minimum atomic E-state index is -0.211. The Hall–Kier alpha value is -2.20. The number of hydrogen-bond donors (Lipinski definition) is 1. The van der Waals surface area contributed by atoms with E-state index in [1.807, 2.05) is 0 Å². The Labute approximate surface area is 102 Å². The van der Waals surface area contributed by atoms with Crippen LogP contribution in [0.1, 0.15) is 6.92 Å². The zero-order valence-electron chi connectivity index (χ0n) is 8.87.